The minimum atomic E-state index is -0.0955. The number of benzene rings is 1. The van der Waals surface area contributed by atoms with E-state index < -0.39 is 0 Å². The Morgan fingerprint density at radius 2 is 1.94 bits per heavy atom. The zero-order valence-electron chi connectivity index (χ0n) is 10.4. The lowest BCUT2D eigenvalue weighted by atomic mass is 9.96. The molecule has 2 amide bonds. The molecule has 0 spiro atoms. The average Bonchev–Trinajstić information content (AvgIpc) is 2.39. The molecular weight excluding hydrogens is 248 g/mol. The van der Waals surface area contributed by atoms with Crippen LogP contribution in [0.25, 0.3) is 0 Å². The average molecular weight is 267 g/mol. The topological polar surface area (TPSA) is 41.1 Å². The molecular formula is C14H19ClN2O. The van der Waals surface area contributed by atoms with E-state index in [0.717, 1.165) is 18.4 Å². The summed E-state index contributed by atoms with van der Waals surface area (Å²) in [4.78, 5) is 11.7. The molecule has 18 heavy (non-hydrogen) atoms. The van der Waals surface area contributed by atoms with E-state index in [-0.39, 0.29) is 6.03 Å². The van der Waals surface area contributed by atoms with Gasteiger partial charge in [-0.2, -0.15) is 0 Å². The van der Waals surface area contributed by atoms with E-state index in [1.165, 1.54) is 19.3 Å². The number of nitrogens with one attached hydrogen (secondary N) is 2. The Balaban J connectivity index is 1.76. The molecule has 2 rings (SSSR count). The van der Waals surface area contributed by atoms with E-state index >= 15 is 0 Å². The van der Waals surface area contributed by atoms with Crippen molar-refractivity contribution in [1.29, 1.82) is 0 Å². The molecule has 1 aromatic carbocycles. The van der Waals surface area contributed by atoms with Gasteiger partial charge < -0.3 is 10.6 Å². The molecule has 0 aromatic heterocycles. The third-order valence-corrected chi connectivity index (χ3v) is 3.71. The van der Waals surface area contributed by atoms with E-state index in [9.17, 15) is 4.79 Å². The van der Waals surface area contributed by atoms with Gasteiger partial charge in [0.25, 0.3) is 0 Å². The van der Waals surface area contributed by atoms with Crippen molar-refractivity contribution in [3.05, 3.63) is 34.9 Å². The highest BCUT2D eigenvalue weighted by atomic mass is 35.5. The SMILES string of the molecule is O=C(NCc1ccccc1Cl)NC1CCCCC1. The summed E-state index contributed by atoms with van der Waals surface area (Å²) in [5.74, 6) is 0. The van der Waals surface area contributed by atoms with Crippen LogP contribution in [0, 0.1) is 0 Å². The molecule has 1 aromatic rings. The number of carbonyl (C=O) groups is 1. The second-order valence-electron chi connectivity index (χ2n) is 4.75. The van der Waals surface area contributed by atoms with Crippen molar-refractivity contribution in [2.45, 2.75) is 44.7 Å². The second kappa shape index (κ2) is 6.64. The molecule has 98 valence electrons. The molecule has 2 N–H and O–H groups in total. The van der Waals surface area contributed by atoms with E-state index in [0.29, 0.717) is 17.6 Å². The van der Waals surface area contributed by atoms with Crippen LogP contribution in [0.4, 0.5) is 4.79 Å². The molecule has 0 atom stereocenters. The Hall–Kier alpha value is -1.22. The van der Waals surface area contributed by atoms with Crippen LogP contribution in [-0.4, -0.2) is 12.1 Å². The van der Waals surface area contributed by atoms with E-state index in [4.69, 9.17) is 11.6 Å². The van der Waals surface area contributed by atoms with Gasteiger partial charge in [-0.15, -0.1) is 0 Å². The van der Waals surface area contributed by atoms with Crippen molar-refractivity contribution in [3.63, 3.8) is 0 Å². The maximum Gasteiger partial charge on any atom is 0.315 e. The highest BCUT2D eigenvalue weighted by Gasteiger charge is 2.15. The first kappa shape index (κ1) is 13.2. The molecule has 1 aliphatic carbocycles. The first-order chi connectivity index (χ1) is 8.75. The van der Waals surface area contributed by atoms with Crippen LogP contribution in [0.3, 0.4) is 0 Å². The molecule has 1 saturated carbocycles. The fraction of sp³-hybridized carbons (Fsp3) is 0.500. The lowest BCUT2D eigenvalue weighted by Gasteiger charge is -2.22. The zero-order valence-corrected chi connectivity index (χ0v) is 11.2. The minimum Gasteiger partial charge on any atom is -0.335 e. The molecule has 4 heteroatoms. The maximum atomic E-state index is 11.7. The predicted octanol–water partition coefficient (Wildman–Crippen LogP) is 3.47. The van der Waals surface area contributed by atoms with Gasteiger partial charge in [-0.1, -0.05) is 49.1 Å². The van der Waals surface area contributed by atoms with E-state index in [1.807, 2.05) is 24.3 Å². The van der Waals surface area contributed by atoms with E-state index in [2.05, 4.69) is 10.6 Å². The van der Waals surface area contributed by atoms with Crippen molar-refractivity contribution in [2.75, 3.05) is 0 Å². The molecule has 0 radical (unpaired) electrons. The zero-order chi connectivity index (χ0) is 12.8. The number of amides is 2. The molecule has 0 bridgehead atoms. The smallest absolute Gasteiger partial charge is 0.315 e. The predicted molar refractivity (Wildman–Crippen MR) is 73.7 cm³/mol. The van der Waals surface area contributed by atoms with Crippen LogP contribution in [-0.2, 0) is 6.54 Å². The minimum absolute atomic E-state index is 0.0955. The van der Waals surface area contributed by atoms with Gasteiger partial charge in [0.15, 0.2) is 0 Å². The third kappa shape index (κ3) is 3.91. The number of hydrogen-bond acceptors (Lipinski definition) is 1. The van der Waals surface area contributed by atoms with Crippen LogP contribution in [0.2, 0.25) is 5.02 Å². The standard InChI is InChI=1S/C14H19ClN2O/c15-13-9-5-4-6-11(13)10-16-14(18)17-12-7-2-1-3-8-12/h4-6,9,12H,1-3,7-8,10H2,(H2,16,17,18). The molecule has 1 fully saturated rings. The summed E-state index contributed by atoms with van der Waals surface area (Å²) < 4.78 is 0. The Morgan fingerprint density at radius 3 is 2.67 bits per heavy atom. The number of carbonyl (C=O) groups excluding carboxylic acids is 1. The van der Waals surface area contributed by atoms with Crippen molar-refractivity contribution < 1.29 is 4.79 Å². The fourth-order valence-corrected chi connectivity index (χ4v) is 2.50. The summed E-state index contributed by atoms with van der Waals surface area (Å²) in [7, 11) is 0. The summed E-state index contributed by atoms with van der Waals surface area (Å²) in [6.07, 6.45) is 5.92. The van der Waals surface area contributed by atoms with Crippen molar-refractivity contribution >= 4 is 17.6 Å². The quantitative estimate of drug-likeness (QED) is 0.864. The second-order valence-corrected chi connectivity index (χ2v) is 5.16. The summed E-state index contributed by atoms with van der Waals surface area (Å²) in [5.41, 5.74) is 0.943. The Morgan fingerprint density at radius 1 is 1.22 bits per heavy atom. The van der Waals surface area contributed by atoms with Gasteiger partial charge >= 0.3 is 6.03 Å². The molecule has 1 aliphatic rings. The summed E-state index contributed by atoms with van der Waals surface area (Å²) >= 11 is 6.03. The normalized spacial score (nSPS) is 16.3. The van der Waals surface area contributed by atoms with Gasteiger partial charge in [0.1, 0.15) is 0 Å². The number of halogens is 1. The molecule has 0 heterocycles. The van der Waals surface area contributed by atoms with Crippen LogP contribution in [0.15, 0.2) is 24.3 Å². The lowest BCUT2D eigenvalue weighted by molar-refractivity contribution is 0.232. The van der Waals surface area contributed by atoms with Crippen molar-refractivity contribution in [3.8, 4) is 0 Å². The van der Waals surface area contributed by atoms with Gasteiger partial charge in [0, 0.05) is 17.6 Å². The number of hydrogen-bond donors (Lipinski definition) is 2. The fourth-order valence-electron chi connectivity index (χ4n) is 2.30. The summed E-state index contributed by atoms with van der Waals surface area (Å²) in [6.45, 7) is 0.470. The van der Waals surface area contributed by atoms with Crippen LogP contribution in [0.1, 0.15) is 37.7 Å². The van der Waals surface area contributed by atoms with Gasteiger partial charge in [-0.25, -0.2) is 4.79 Å². The Kier molecular flexibility index (Phi) is 4.88. The van der Waals surface area contributed by atoms with Crippen LogP contribution in [0.5, 0.6) is 0 Å². The highest BCUT2D eigenvalue weighted by molar-refractivity contribution is 6.31. The number of urea groups is 1. The van der Waals surface area contributed by atoms with Gasteiger partial charge in [-0.05, 0) is 24.5 Å². The summed E-state index contributed by atoms with van der Waals surface area (Å²) in [6, 6.07) is 7.79. The van der Waals surface area contributed by atoms with Gasteiger partial charge in [0.2, 0.25) is 0 Å². The van der Waals surface area contributed by atoms with Gasteiger partial charge in [-0.3, -0.25) is 0 Å². The monoisotopic (exact) mass is 266 g/mol. The Labute approximate surface area is 113 Å². The highest BCUT2D eigenvalue weighted by Crippen LogP contribution is 2.17. The van der Waals surface area contributed by atoms with E-state index in [1.54, 1.807) is 0 Å². The maximum absolute atomic E-state index is 11.7. The number of rotatable bonds is 3. The first-order valence-corrected chi connectivity index (χ1v) is 6.91. The summed E-state index contributed by atoms with van der Waals surface area (Å²) in [5, 5.41) is 6.56. The van der Waals surface area contributed by atoms with Crippen LogP contribution < -0.4 is 10.6 Å². The van der Waals surface area contributed by atoms with Gasteiger partial charge in [0.05, 0.1) is 0 Å². The van der Waals surface area contributed by atoms with Crippen molar-refractivity contribution in [1.82, 2.24) is 10.6 Å². The molecule has 3 nitrogen and oxygen atoms in total. The third-order valence-electron chi connectivity index (χ3n) is 3.34. The Bertz CT molecular complexity index is 403. The molecule has 0 saturated heterocycles. The van der Waals surface area contributed by atoms with Crippen molar-refractivity contribution in [2.24, 2.45) is 0 Å². The first-order valence-electron chi connectivity index (χ1n) is 6.53. The molecule has 0 unspecified atom stereocenters. The lowest BCUT2D eigenvalue weighted by Crippen LogP contribution is -2.42. The molecule has 0 aliphatic heterocycles. The largest absolute Gasteiger partial charge is 0.335 e. The van der Waals surface area contributed by atoms with Crippen LogP contribution >= 0.6 is 11.6 Å².